The van der Waals surface area contributed by atoms with E-state index in [0.29, 0.717) is 39.2 Å². The minimum atomic E-state index is -0.558. The molecule has 0 bridgehead atoms. The zero-order valence-corrected chi connectivity index (χ0v) is 25.5. The zero-order chi connectivity index (χ0) is 30.8. The van der Waals surface area contributed by atoms with E-state index in [1.165, 1.54) is 50.5 Å². The van der Waals surface area contributed by atoms with Crippen molar-refractivity contribution in [2.24, 2.45) is 0 Å². The van der Waals surface area contributed by atoms with Gasteiger partial charge in [0.15, 0.2) is 16.6 Å². The summed E-state index contributed by atoms with van der Waals surface area (Å²) in [5.41, 5.74) is 1.34. The van der Waals surface area contributed by atoms with Crippen molar-refractivity contribution in [1.82, 2.24) is 10.3 Å². The molecule has 0 saturated heterocycles. The van der Waals surface area contributed by atoms with Gasteiger partial charge in [-0.3, -0.25) is 14.4 Å². The average Bonchev–Trinajstić information content (AvgIpc) is 3.54. The molecule has 1 aromatic heterocycles. The predicted octanol–water partition coefficient (Wildman–Crippen LogP) is 5.70. The second kappa shape index (κ2) is 14.9. The average molecular weight is 619 g/mol. The largest absolute Gasteiger partial charge is 0.496 e. The van der Waals surface area contributed by atoms with Gasteiger partial charge >= 0.3 is 0 Å². The second-order valence-corrected chi connectivity index (χ2v) is 11.2. The number of carbonyl (C=O) groups is 3. The Hall–Kier alpha value is -4.81. The molecule has 1 heterocycles. The maximum atomic E-state index is 13.5. The Morgan fingerprint density at radius 1 is 0.884 bits per heavy atom. The van der Waals surface area contributed by atoms with Crippen molar-refractivity contribution in [3.05, 3.63) is 95.1 Å². The zero-order valence-electron chi connectivity index (χ0n) is 23.9. The molecule has 0 aliphatic carbocycles. The van der Waals surface area contributed by atoms with Crippen molar-refractivity contribution < 1.29 is 28.6 Å². The molecule has 3 amide bonds. The summed E-state index contributed by atoms with van der Waals surface area (Å²) in [7, 11) is 4.50. The standard InChI is InChI=1S/C31H30N4O6S2/c1-19(28(36)35-31-32-14-15-42-31)43-23-12-10-22(11-13-23)33-30(38)24(34-29(37)20-8-6-5-7-9-20)16-21-17-26(40-3)27(41-4)18-25(21)39-2/h5-19H,1-4H3,(H,33,38)(H,34,37)(H,32,35,36)/b24-16-. The fraction of sp³-hybridized carbons (Fsp3) is 0.161. The molecule has 0 aliphatic rings. The predicted molar refractivity (Wildman–Crippen MR) is 169 cm³/mol. The number of rotatable bonds is 12. The van der Waals surface area contributed by atoms with Gasteiger partial charge in [-0.25, -0.2) is 4.98 Å². The molecular formula is C31H30N4O6S2. The van der Waals surface area contributed by atoms with Gasteiger partial charge in [0, 0.05) is 39.4 Å². The number of benzene rings is 3. The van der Waals surface area contributed by atoms with E-state index in [-0.39, 0.29) is 16.9 Å². The van der Waals surface area contributed by atoms with Gasteiger partial charge in [-0.15, -0.1) is 23.1 Å². The van der Waals surface area contributed by atoms with E-state index in [1.54, 1.807) is 85.2 Å². The molecule has 0 fully saturated rings. The van der Waals surface area contributed by atoms with Crippen molar-refractivity contribution in [3.63, 3.8) is 0 Å². The fourth-order valence-corrected chi connectivity index (χ4v) is 5.23. The summed E-state index contributed by atoms with van der Waals surface area (Å²) in [6.07, 6.45) is 3.13. The Balaban J connectivity index is 1.54. The van der Waals surface area contributed by atoms with Gasteiger partial charge in [-0.2, -0.15) is 0 Å². The molecule has 0 radical (unpaired) electrons. The molecule has 0 aliphatic heterocycles. The lowest BCUT2D eigenvalue weighted by atomic mass is 10.1. The highest BCUT2D eigenvalue weighted by Crippen LogP contribution is 2.35. The van der Waals surface area contributed by atoms with Crippen LogP contribution < -0.4 is 30.2 Å². The number of methoxy groups -OCH3 is 3. The number of hydrogen-bond donors (Lipinski definition) is 3. The smallest absolute Gasteiger partial charge is 0.272 e. The lowest BCUT2D eigenvalue weighted by Gasteiger charge is -2.15. The third-order valence-electron chi connectivity index (χ3n) is 6.02. The molecule has 3 N–H and O–H groups in total. The maximum Gasteiger partial charge on any atom is 0.272 e. The van der Waals surface area contributed by atoms with Crippen molar-refractivity contribution >= 4 is 57.7 Å². The molecular weight excluding hydrogens is 588 g/mol. The topological polar surface area (TPSA) is 128 Å². The van der Waals surface area contributed by atoms with Crippen LogP contribution in [0.15, 0.2) is 88.9 Å². The minimum absolute atomic E-state index is 0.0229. The van der Waals surface area contributed by atoms with E-state index in [2.05, 4.69) is 20.9 Å². The molecule has 1 atom stereocenters. The summed E-state index contributed by atoms with van der Waals surface area (Å²) in [6, 6.07) is 18.9. The lowest BCUT2D eigenvalue weighted by Crippen LogP contribution is -2.30. The Kier molecular flexibility index (Phi) is 10.8. The number of thiazole rings is 1. The van der Waals surface area contributed by atoms with E-state index >= 15 is 0 Å². The molecule has 4 rings (SSSR count). The van der Waals surface area contributed by atoms with Gasteiger partial charge in [0.25, 0.3) is 11.8 Å². The van der Waals surface area contributed by atoms with Gasteiger partial charge in [-0.05, 0) is 55.5 Å². The van der Waals surface area contributed by atoms with Crippen LogP contribution in [0.4, 0.5) is 10.8 Å². The summed E-state index contributed by atoms with van der Waals surface area (Å²) in [4.78, 5) is 43.9. The first-order valence-electron chi connectivity index (χ1n) is 13.0. The Labute approximate surface area is 257 Å². The number of aromatic nitrogens is 1. The Bertz CT molecular complexity index is 1590. The molecule has 0 spiro atoms. The summed E-state index contributed by atoms with van der Waals surface area (Å²) in [5.74, 6) is 0.101. The highest BCUT2D eigenvalue weighted by Gasteiger charge is 2.19. The number of anilines is 2. The Morgan fingerprint density at radius 3 is 2.19 bits per heavy atom. The Morgan fingerprint density at radius 2 is 1.56 bits per heavy atom. The first kappa shape index (κ1) is 31.1. The van der Waals surface area contributed by atoms with Crippen molar-refractivity contribution in [1.29, 1.82) is 0 Å². The van der Waals surface area contributed by atoms with Gasteiger partial charge < -0.3 is 30.2 Å². The molecule has 43 heavy (non-hydrogen) atoms. The van der Waals surface area contributed by atoms with E-state index in [0.717, 1.165) is 4.90 Å². The van der Waals surface area contributed by atoms with Crippen molar-refractivity contribution in [2.45, 2.75) is 17.1 Å². The van der Waals surface area contributed by atoms with E-state index in [1.807, 2.05) is 0 Å². The van der Waals surface area contributed by atoms with Crippen LogP contribution in [0.25, 0.3) is 6.08 Å². The molecule has 222 valence electrons. The number of amides is 3. The van der Waals surface area contributed by atoms with Gasteiger partial charge in [0.2, 0.25) is 5.91 Å². The number of nitrogens with zero attached hydrogens (tertiary/aromatic N) is 1. The van der Waals surface area contributed by atoms with Crippen LogP contribution in [-0.4, -0.2) is 49.3 Å². The maximum absolute atomic E-state index is 13.5. The van der Waals surface area contributed by atoms with Crippen LogP contribution in [0.3, 0.4) is 0 Å². The number of nitrogens with one attached hydrogen (secondary N) is 3. The summed E-state index contributed by atoms with van der Waals surface area (Å²) in [5, 5.41) is 10.3. The highest BCUT2D eigenvalue weighted by atomic mass is 32.2. The quantitative estimate of drug-likeness (QED) is 0.136. The van der Waals surface area contributed by atoms with Crippen molar-refractivity contribution in [2.75, 3.05) is 32.0 Å². The minimum Gasteiger partial charge on any atom is -0.496 e. The van der Waals surface area contributed by atoms with Gasteiger partial charge in [-0.1, -0.05) is 18.2 Å². The number of hydrogen-bond acceptors (Lipinski definition) is 9. The van der Waals surface area contributed by atoms with E-state index in [9.17, 15) is 14.4 Å². The molecule has 1 unspecified atom stereocenters. The van der Waals surface area contributed by atoms with Crippen LogP contribution in [0.1, 0.15) is 22.8 Å². The normalized spacial score (nSPS) is 11.7. The van der Waals surface area contributed by atoms with Gasteiger partial charge in [0.05, 0.1) is 26.6 Å². The van der Waals surface area contributed by atoms with Crippen LogP contribution in [0.5, 0.6) is 17.2 Å². The molecule has 12 heteroatoms. The SMILES string of the molecule is COc1cc(OC)c(OC)cc1/C=C(\NC(=O)c1ccccc1)C(=O)Nc1ccc(SC(C)C(=O)Nc2nccs2)cc1. The van der Waals surface area contributed by atoms with Crippen LogP contribution in [0.2, 0.25) is 0 Å². The second-order valence-electron chi connectivity index (χ2n) is 8.89. The van der Waals surface area contributed by atoms with Crippen molar-refractivity contribution in [3.8, 4) is 17.2 Å². The molecule has 10 nitrogen and oxygen atoms in total. The van der Waals surface area contributed by atoms with Crippen LogP contribution in [0, 0.1) is 0 Å². The van der Waals surface area contributed by atoms with E-state index < -0.39 is 11.8 Å². The number of thioether (sulfide) groups is 1. The number of ether oxygens (including phenoxy) is 3. The molecule has 0 saturated carbocycles. The van der Waals surface area contributed by atoms with Gasteiger partial charge in [0.1, 0.15) is 11.4 Å². The lowest BCUT2D eigenvalue weighted by molar-refractivity contribution is -0.115. The first-order chi connectivity index (χ1) is 20.8. The first-order valence-corrected chi connectivity index (χ1v) is 14.7. The fourth-order valence-electron chi connectivity index (χ4n) is 3.83. The van der Waals surface area contributed by atoms with Crippen LogP contribution >= 0.6 is 23.1 Å². The summed E-state index contributed by atoms with van der Waals surface area (Å²) < 4.78 is 16.3. The monoisotopic (exact) mass is 618 g/mol. The molecule has 4 aromatic rings. The summed E-state index contributed by atoms with van der Waals surface area (Å²) >= 11 is 2.72. The third kappa shape index (κ3) is 8.37. The van der Waals surface area contributed by atoms with Crippen LogP contribution in [-0.2, 0) is 9.59 Å². The summed E-state index contributed by atoms with van der Waals surface area (Å²) in [6.45, 7) is 1.80. The highest BCUT2D eigenvalue weighted by molar-refractivity contribution is 8.00. The third-order valence-corrected chi connectivity index (χ3v) is 7.82. The molecule has 3 aromatic carbocycles. The number of carbonyl (C=O) groups excluding carboxylic acids is 3. The van der Waals surface area contributed by atoms with E-state index in [4.69, 9.17) is 14.2 Å².